The van der Waals surface area contributed by atoms with E-state index < -0.39 is 0 Å². The van der Waals surface area contributed by atoms with Crippen LogP contribution in [0.1, 0.15) is 25.7 Å². The molecule has 0 aliphatic carbocycles. The van der Waals surface area contributed by atoms with Crippen LogP contribution < -0.4 is 14.7 Å². The Labute approximate surface area is 147 Å². The molecule has 0 amide bonds. The van der Waals surface area contributed by atoms with E-state index in [4.69, 9.17) is 4.98 Å². The maximum atomic E-state index is 4.79. The van der Waals surface area contributed by atoms with Crippen LogP contribution >= 0.6 is 0 Å². The molecule has 132 valence electrons. The van der Waals surface area contributed by atoms with Gasteiger partial charge in [-0.25, -0.2) is 9.97 Å². The van der Waals surface area contributed by atoms with Gasteiger partial charge in [0.05, 0.1) is 6.20 Å². The van der Waals surface area contributed by atoms with Crippen LogP contribution in [0, 0.1) is 0 Å². The van der Waals surface area contributed by atoms with Crippen molar-refractivity contribution in [3.8, 4) is 0 Å². The fraction of sp³-hybridized carbons (Fsp3) is 0.588. The van der Waals surface area contributed by atoms with E-state index in [9.17, 15) is 0 Å². The third-order valence-corrected chi connectivity index (χ3v) is 4.86. The highest BCUT2D eigenvalue weighted by Crippen LogP contribution is 2.19. The normalized spacial score (nSPS) is 19.0. The predicted molar refractivity (Wildman–Crippen MR) is 97.0 cm³/mol. The zero-order valence-electron chi connectivity index (χ0n) is 14.5. The average Bonchev–Trinajstić information content (AvgIpc) is 2.99. The fourth-order valence-corrected chi connectivity index (χ4v) is 3.43. The Morgan fingerprint density at radius 3 is 2.04 bits per heavy atom. The number of anilines is 3. The topological polar surface area (TPSA) is 74.2 Å². The second kappa shape index (κ2) is 7.58. The number of hydrogen-bond donors (Lipinski definition) is 0. The van der Waals surface area contributed by atoms with Gasteiger partial charge in [0.2, 0.25) is 11.9 Å². The second-order valence-corrected chi connectivity index (χ2v) is 6.54. The van der Waals surface area contributed by atoms with Crippen LogP contribution in [0.4, 0.5) is 17.7 Å². The van der Waals surface area contributed by atoms with Crippen molar-refractivity contribution in [2.24, 2.45) is 0 Å². The van der Waals surface area contributed by atoms with Gasteiger partial charge in [0.25, 0.3) is 0 Å². The van der Waals surface area contributed by atoms with E-state index in [1.807, 2.05) is 6.07 Å². The molecule has 0 unspecified atom stereocenters. The first kappa shape index (κ1) is 16.0. The maximum Gasteiger partial charge on any atom is 0.247 e. The smallest absolute Gasteiger partial charge is 0.247 e. The molecule has 2 fully saturated rings. The highest BCUT2D eigenvalue weighted by molar-refractivity contribution is 5.44. The summed E-state index contributed by atoms with van der Waals surface area (Å²) in [4.78, 5) is 20.2. The van der Waals surface area contributed by atoms with Gasteiger partial charge in [-0.05, 0) is 18.9 Å². The second-order valence-electron chi connectivity index (χ2n) is 6.54. The molecule has 4 rings (SSSR count). The molecule has 2 saturated heterocycles. The third-order valence-electron chi connectivity index (χ3n) is 4.86. The number of aromatic nitrogens is 5. The predicted octanol–water partition coefficient (Wildman–Crippen LogP) is 1.37. The molecule has 0 spiro atoms. The van der Waals surface area contributed by atoms with Crippen LogP contribution in [-0.4, -0.2) is 64.4 Å². The molecular weight excluding hydrogens is 316 g/mol. The van der Waals surface area contributed by atoms with E-state index in [0.29, 0.717) is 0 Å². The van der Waals surface area contributed by atoms with E-state index in [0.717, 1.165) is 57.0 Å². The molecule has 2 aliphatic rings. The zero-order valence-corrected chi connectivity index (χ0v) is 14.5. The maximum absolute atomic E-state index is 4.79. The van der Waals surface area contributed by atoms with Crippen molar-refractivity contribution < 1.29 is 0 Å². The molecule has 0 aromatic carbocycles. The number of rotatable bonds is 3. The molecule has 2 aromatic heterocycles. The van der Waals surface area contributed by atoms with Crippen LogP contribution in [0.2, 0.25) is 0 Å². The highest BCUT2D eigenvalue weighted by atomic mass is 15.4. The summed E-state index contributed by atoms with van der Waals surface area (Å²) in [6, 6.07) is 1.84. The molecule has 8 nitrogen and oxygen atoms in total. The Bertz CT molecular complexity index is 663. The summed E-state index contributed by atoms with van der Waals surface area (Å²) in [5.74, 6) is 2.49. The van der Waals surface area contributed by atoms with Gasteiger partial charge in [-0.3, -0.25) is 0 Å². The van der Waals surface area contributed by atoms with Gasteiger partial charge >= 0.3 is 0 Å². The van der Waals surface area contributed by atoms with Gasteiger partial charge in [0.1, 0.15) is 0 Å². The molecule has 25 heavy (non-hydrogen) atoms. The fourth-order valence-electron chi connectivity index (χ4n) is 3.43. The van der Waals surface area contributed by atoms with Gasteiger partial charge in [-0.1, -0.05) is 12.8 Å². The van der Waals surface area contributed by atoms with E-state index in [-0.39, 0.29) is 0 Å². The van der Waals surface area contributed by atoms with Gasteiger partial charge in [0, 0.05) is 51.7 Å². The minimum absolute atomic E-state index is 0.772. The van der Waals surface area contributed by atoms with Crippen LogP contribution in [-0.2, 0) is 0 Å². The van der Waals surface area contributed by atoms with Crippen molar-refractivity contribution >= 4 is 17.7 Å². The highest BCUT2D eigenvalue weighted by Gasteiger charge is 2.21. The SMILES string of the molecule is c1cnc(N2CCN(c3cnnc(N4CCCCCC4)n3)CC2)nc1. The first-order valence-corrected chi connectivity index (χ1v) is 9.12. The Morgan fingerprint density at radius 1 is 0.680 bits per heavy atom. The minimum atomic E-state index is 0.772. The first-order valence-electron chi connectivity index (χ1n) is 9.12. The Hall–Kier alpha value is -2.51. The van der Waals surface area contributed by atoms with Crippen LogP contribution in [0.5, 0.6) is 0 Å². The third kappa shape index (κ3) is 3.78. The average molecular weight is 340 g/mol. The Kier molecular flexibility index (Phi) is 4.85. The van der Waals surface area contributed by atoms with E-state index >= 15 is 0 Å². The lowest BCUT2D eigenvalue weighted by Gasteiger charge is -2.35. The van der Waals surface area contributed by atoms with Crippen molar-refractivity contribution in [1.29, 1.82) is 0 Å². The molecule has 8 heteroatoms. The van der Waals surface area contributed by atoms with Gasteiger partial charge in [0.15, 0.2) is 5.82 Å². The van der Waals surface area contributed by atoms with Crippen molar-refractivity contribution in [3.63, 3.8) is 0 Å². The van der Waals surface area contributed by atoms with E-state index in [1.54, 1.807) is 18.6 Å². The summed E-state index contributed by atoms with van der Waals surface area (Å²) in [7, 11) is 0. The van der Waals surface area contributed by atoms with Crippen molar-refractivity contribution in [1.82, 2.24) is 25.1 Å². The van der Waals surface area contributed by atoms with Crippen molar-refractivity contribution in [2.75, 3.05) is 54.0 Å². The molecule has 0 N–H and O–H groups in total. The summed E-state index contributed by atoms with van der Waals surface area (Å²) < 4.78 is 0. The number of nitrogens with zero attached hydrogens (tertiary/aromatic N) is 8. The molecule has 2 aliphatic heterocycles. The lowest BCUT2D eigenvalue weighted by atomic mass is 10.2. The standard InChI is InChI=1S/C17H24N8/c1-2-4-9-24(8-3-1)17-21-15(14-20-22-17)23-10-12-25(13-11-23)16-18-6-5-7-19-16/h5-7,14H,1-4,8-13H2. The van der Waals surface area contributed by atoms with E-state index in [2.05, 4.69) is 34.9 Å². The molecule has 0 saturated carbocycles. The molecule has 4 heterocycles. The summed E-state index contributed by atoms with van der Waals surface area (Å²) >= 11 is 0. The summed E-state index contributed by atoms with van der Waals surface area (Å²) in [5, 5.41) is 8.48. The van der Waals surface area contributed by atoms with Crippen LogP contribution in [0.25, 0.3) is 0 Å². The minimum Gasteiger partial charge on any atom is -0.352 e. The molecule has 0 atom stereocenters. The molecule has 2 aromatic rings. The van der Waals surface area contributed by atoms with Crippen LogP contribution in [0.15, 0.2) is 24.7 Å². The quantitative estimate of drug-likeness (QED) is 0.829. The lowest BCUT2D eigenvalue weighted by molar-refractivity contribution is 0.630. The number of piperazine rings is 1. The first-order chi connectivity index (χ1) is 12.4. The molecule has 0 bridgehead atoms. The molecular formula is C17H24N8. The van der Waals surface area contributed by atoms with Gasteiger partial charge in [-0.15, -0.1) is 5.10 Å². The summed E-state index contributed by atoms with van der Waals surface area (Å²) in [5.41, 5.74) is 0. The zero-order chi connectivity index (χ0) is 16.9. The largest absolute Gasteiger partial charge is 0.352 e. The van der Waals surface area contributed by atoms with Gasteiger partial charge in [-0.2, -0.15) is 10.1 Å². The molecule has 0 radical (unpaired) electrons. The van der Waals surface area contributed by atoms with Crippen LogP contribution in [0.3, 0.4) is 0 Å². The monoisotopic (exact) mass is 340 g/mol. The Balaban J connectivity index is 1.42. The van der Waals surface area contributed by atoms with Crippen molar-refractivity contribution in [3.05, 3.63) is 24.7 Å². The van der Waals surface area contributed by atoms with E-state index in [1.165, 1.54) is 25.7 Å². The lowest BCUT2D eigenvalue weighted by Crippen LogP contribution is -2.47. The van der Waals surface area contributed by atoms with Gasteiger partial charge < -0.3 is 14.7 Å². The summed E-state index contributed by atoms with van der Waals surface area (Å²) in [6.45, 7) is 5.60. The number of hydrogen-bond acceptors (Lipinski definition) is 8. The Morgan fingerprint density at radius 2 is 1.32 bits per heavy atom. The summed E-state index contributed by atoms with van der Waals surface area (Å²) in [6.07, 6.45) is 10.4. The van der Waals surface area contributed by atoms with Crippen molar-refractivity contribution in [2.45, 2.75) is 25.7 Å².